The number of phosphoric acid groups is 2. The van der Waals surface area contributed by atoms with E-state index in [0.717, 1.165) is 120 Å². The van der Waals surface area contributed by atoms with Gasteiger partial charge in [-0.1, -0.05) is 293 Å². The maximum Gasteiger partial charge on any atom is 0.472 e. The van der Waals surface area contributed by atoms with E-state index in [1.54, 1.807) is 0 Å². The number of ether oxygens (including phenoxy) is 4. The minimum atomic E-state index is -4.95. The molecule has 0 amide bonds. The predicted molar refractivity (Wildman–Crippen MR) is 358 cm³/mol. The predicted octanol–water partition coefficient (Wildman–Crippen LogP) is 19.7. The molecule has 3 unspecified atom stereocenters. The molecule has 0 aliphatic heterocycles. The number of aliphatic hydroxyl groups excluding tert-OH is 1. The summed E-state index contributed by atoms with van der Waals surface area (Å²) in [5.41, 5.74) is 0. The first-order valence-electron chi connectivity index (χ1n) is 36.2. The van der Waals surface area contributed by atoms with Gasteiger partial charge in [0.1, 0.15) is 19.3 Å². The van der Waals surface area contributed by atoms with Gasteiger partial charge in [-0.25, -0.2) is 9.13 Å². The van der Waals surface area contributed by atoms with Crippen LogP contribution in [-0.2, 0) is 65.4 Å². The van der Waals surface area contributed by atoms with Crippen LogP contribution in [0, 0.1) is 23.7 Å². The molecule has 0 fully saturated rings. The quantitative estimate of drug-likeness (QED) is 0.0222. The fourth-order valence-corrected chi connectivity index (χ4v) is 12.0. The van der Waals surface area contributed by atoms with Gasteiger partial charge in [0, 0.05) is 25.7 Å². The number of phosphoric ester groups is 2. The van der Waals surface area contributed by atoms with Crippen molar-refractivity contribution in [3.05, 3.63) is 0 Å². The highest BCUT2D eigenvalue weighted by Gasteiger charge is 2.30. The lowest BCUT2D eigenvalue weighted by molar-refractivity contribution is -0.161. The second-order valence-corrected chi connectivity index (χ2v) is 29.8. The summed E-state index contributed by atoms with van der Waals surface area (Å²) in [5.74, 6) is 0.863. The highest BCUT2D eigenvalue weighted by Crippen LogP contribution is 2.45. The summed E-state index contributed by atoms with van der Waals surface area (Å²) < 4.78 is 68.3. The molecule has 0 bridgehead atoms. The van der Waals surface area contributed by atoms with E-state index < -0.39 is 97.5 Å². The third-order valence-electron chi connectivity index (χ3n) is 16.4. The minimum absolute atomic E-state index is 0.104. The molecule has 17 nitrogen and oxygen atoms in total. The van der Waals surface area contributed by atoms with Gasteiger partial charge in [0.15, 0.2) is 12.2 Å². The summed E-state index contributed by atoms with van der Waals surface area (Å²) in [6.45, 7) is 14.1. The lowest BCUT2D eigenvalue weighted by Gasteiger charge is -2.21. The molecule has 89 heavy (non-hydrogen) atoms. The average molecular weight is 1310 g/mol. The zero-order valence-corrected chi connectivity index (χ0v) is 59.8. The topological polar surface area (TPSA) is 237 Å². The largest absolute Gasteiger partial charge is 0.472 e. The van der Waals surface area contributed by atoms with E-state index in [1.807, 2.05) is 0 Å². The van der Waals surface area contributed by atoms with Crippen LogP contribution >= 0.6 is 15.6 Å². The standard InChI is InChI=1S/C70H136O17P2/c1-9-63(8)49-41-33-28-29-35-43-51-68(73)81-57-66(87-70(75)53-45-37-27-21-15-12-18-24-32-40-48-62(6)7)59-85-89(78,79)83-55-64(71)54-82-88(76,77)84-58-65(86-69(74)52-44-36-26-20-14-11-17-23-31-39-47-61(4)5)56-80-67(72)50-42-34-25-19-13-10-16-22-30-38-46-60(2)3/h60-66,71H,9-59H2,1-8H3,(H,76,77)(H,78,79)/t63?,64-,65-,66-/m1/s1. The van der Waals surface area contributed by atoms with Crippen LogP contribution in [0.3, 0.4) is 0 Å². The Balaban J connectivity index is 5.27. The normalized spacial score (nSPS) is 14.6. The molecular weight excluding hydrogens is 1170 g/mol. The Morgan fingerprint density at radius 3 is 0.798 bits per heavy atom. The Kier molecular flexibility index (Phi) is 58.5. The molecule has 0 spiro atoms. The van der Waals surface area contributed by atoms with Gasteiger partial charge in [0.05, 0.1) is 26.4 Å². The maximum absolute atomic E-state index is 13.0. The van der Waals surface area contributed by atoms with E-state index in [-0.39, 0.29) is 25.7 Å². The first-order valence-corrected chi connectivity index (χ1v) is 39.2. The Hall–Kier alpha value is -1.94. The van der Waals surface area contributed by atoms with Crippen molar-refractivity contribution in [1.82, 2.24) is 0 Å². The molecule has 3 N–H and O–H groups in total. The van der Waals surface area contributed by atoms with Gasteiger partial charge in [-0.3, -0.25) is 37.3 Å². The molecule has 19 heteroatoms. The fraction of sp³-hybridized carbons (Fsp3) is 0.943. The smallest absolute Gasteiger partial charge is 0.462 e. The zero-order chi connectivity index (χ0) is 66.1. The van der Waals surface area contributed by atoms with Gasteiger partial charge in [0.2, 0.25) is 0 Å². The van der Waals surface area contributed by atoms with Gasteiger partial charge in [-0.2, -0.15) is 0 Å². The van der Waals surface area contributed by atoms with Crippen molar-refractivity contribution in [3.8, 4) is 0 Å². The second-order valence-electron chi connectivity index (χ2n) is 26.9. The summed E-state index contributed by atoms with van der Waals surface area (Å²) in [5, 5.41) is 10.6. The van der Waals surface area contributed by atoms with Gasteiger partial charge >= 0.3 is 39.5 Å². The van der Waals surface area contributed by atoms with Gasteiger partial charge in [-0.05, 0) is 49.4 Å². The van der Waals surface area contributed by atoms with Crippen molar-refractivity contribution >= 4 is 39.5 Å². The zero-order valence-electron chi connectivity index (χ0n) is 58.1. The molecule has 0 aromatic carbocycles. The van der Waals surface area contributed by atoms with Crippen LogP contribution in [0.25, 0.3) is 0 Å². The summed E-state index contributed by atoms with van der Waals surface area (Å²) in [6.07, 6.45) is 41.7. The molecule has 0 heterocycles. The molecule has 0 aromatic rings. The van der Waals surface area contributed by atoms with E-state index in [4.69, 9.17) is 37.0 Å². The van der Waals surface area contributed by atoms with Crippen LogP contribution in [0.15, 0.2) is 0 Å². The van der Waals surface area contributed by atoms with E-state index in [1.165, 1.54) is 141 Å². The highest BCUT2D eigenvalue weighted by atomic mass is 31.2. The van der Waals surface area contributed by atoms with E-state index in [9.17, 15) is 43.2 Å². The number of esters is 4. The van der Waals surface area contributed by atoms with E-state index in [0.29, 0.717) is 25.7 Å². The number of rotatable bonds is 67. The van der Waals surface area contributed by atoms with Gasteiger partial charge in [-0.15, -0.1) is 0 Å². The van der Waals surface area contributed by atoms with Crippen LogP contribution in [0.2, 0.25) is 0 Å². The van der Waals surface area contributed by atoms with Crippen molar-refractivity contribution in [3.63, 3.8) is 0 Å². The third-order valence-corrected chi connectivity index (χ3v) is 18.3. The first-order chi connectivity index (χ1) is 42.6. The van der Waals surface area contributed by atoms with E-state index in [2.05, 4.69) is 55.4 Å². The lowest BCUT2D eigenvalue weighted by Crippen LogP contribution is -2.30. The number of aliphatic hydroxyl groups is 1. The monoisotopic (exact) mass is 1310 g/mol. The van der Waals surface area contributed by atoms with Crippen molar-refractivity contribution in [2.45, 2.75) is 363 Å². The fourth-order valence-electron chi connectivity index (χ4n) is 10.5. The van der Waals surface area contributed by atoms with Crippen LogP contribution in [-0.4, -0.2) is 96.7 Å². The molecule has 528 valence electrons. The average Bonchev–Trinajstić information content (AvgIpc) is 3.67. The lowest BCUT2D eigenvalue weighted by atomic mass is 10.00. The molecule has 0 aliphatic rings. The molecule has 0 aliphatic carbocycles. The van der Waals surface area contributed by atoms with Crippen molar-refractivity contribution in [2.75, 3.05) is 39.6 Å². The van der Waals surface area contributed by atoms with E-state index >= 15 is 0 Å². The Morgan fingerprint density at radius 1 is 0.315 bits per heavy atom. The molecule has 0 rings (SSSR count). The molecular formula is C70H136O17P2. The molecule has 6 atom stereocenters. The third kappa shape index (κ3) is 63.2. The molecule has 0 aromatic heterocycles. The number of carbonyl (C=O) groups is 4. The maximum atomic E-state index is 13.0. The van der Waals surface area contributed by atoms with Gasteiger partial charge in [0.25, 0.3) is 0 Å². The minimum Gasteiger partial charge on any atom is -0.462 e. The summed E-state index contributed by atoms with van der Waals surface area (Å²) in [7, 11) is -9.90. The number of carbonyl (C=O) groups excluding carboxylic acids is 4. The number of hydrogen-bond acceptors (Lipinski definition) is 15. The van der Waals surface area contributed by atoms with Crippen LogP contribution < -0.4 is 0 Å². The molecule has 0 radical (unpaired) electrons. The molecule has 0 saturated heterocycles. The van der Waals surface area contributed by atoms with Crippen LogP contribution in [0.1, 0.15) is 344 Å². The van der Waals surface area contributed by atoms with Crippen molar-refractivity contribution in [2.24, 2.45) is 23.7 Å². The first kappa shape index (κ1) is 87.1. The highest BCUT2D eigenvalue weighted by molar-refractivity contribution is 7.47. The van der Waals surface area contributed by atoms with Crippen LogP contribution in [0.5, 0.6) is 0 Å². The van der Waals surface area contributed by atoms with Crippen LogP contribution in [0.4, 0.5) is 0 Å². The Bertz CT molecular complexity index is 1770. The summed E-state index contributed by atoms with van der Waals surface area (Å²) >= 11 is 0. The number of unbranched alkanes of at least 4 members (excludes halogenated alkanes) is 32. The summed E-state index contributed by atoms with van der Waals surface area (Å²) in [4.78, 5) is 72.5. The summed E-state index contributed by atoms with van der Waals surface area (Å²) in [6, 6.07) is 0. The second kappa shape index (κ2) is 59.8. The van der Waals surface area contributed by atoms with Gasteiger partial charge < -0.3 is 33.8 Å². The number of hydrogen-bond donors (Lipinski definition) is 3. The van der Waals surface area contributed by atoms with Crippen molar-refractivity contribution in [1.29, 1.82) is 0 Å². The molecule has 0 saturated carbocycles. The Labute approximate surface area is 543 Å². The van der Waals surface area contributed by atoms with Crippen molar-refractivity contribution < 1.29 is 80.2 Å². The SMILES string of the molecule is CCC(C)CCCCCCCCC(=O)OC[C@H](COP(=O)(O)OC[C@H](O)COP(=O)(O)OC[C@@H](COC(=O)CCCCCCCCCCCCC(C)C)OC(=O)CCCCCCCCCCCCC(C)C)OC(=O)CCCCCCCCCCCCC(C)C. The Morgan fingerprint density at radius 2 is 0.539 bits per heavy atom.